The van der Waals surface area contributed by atoms with Crippen molar-refractivity contribution in [2.24, 2.45) is 0 Å². The van der Waals surface area contributed by atoms with Crippen molar-refractivity contribution in [2.45, 2.75) is 12.0 Å². The molecule has 1 fully saturated rings. The molecule has 1 amide bonds. The molecule has 1 N–H and O–H groups in total. The van der Waals surface area contributed by atoms with E-state index in [0.717, 1.165) is 5.56 Å². The second-order valence-corrected chi connectivity index (χ2v) is 5.99. The predicted octanol–water partition coefficient (Wildman–Crippen LogP) is 2.58. The van der Waals surface area contributed by atoms with Crippen molar-refractivity contribution >= 4 is 40.6 Å². The van der Waals surface area contributed by atoms with Gasteiger partial charge in [0.15, 0.2) is 12.4 Å². The van der Waals surface area contributed by atoms with E-state index >= 15 is 0 Å². The molecule has 1 aliphatic rings. The number of rotatable bonds is 2. The fourth-order valence-corrected chi connectivity index (χ4v) is 3.15. The van der Waals surface area contributed by atoms with E-state index in [2.05, 4.69) is 11.2 Å². The number of benzene rings is 1. The molecule has 0 bridgehead atoms. The molecule has 1 aliphatic heterocycles. The van der Waals surface area contributed by atoms with Crippen LogP contribution in [-0.2, 0) is 4.79 Å². The third-order valence-corrected chi connectivity index (χ3v) is 4.36. The molecule has 2 atom stereocenters. The Hall–Kier alpha value is -2.33. The van der Waals surface area contributed by atoms with Gasteiger partial charge in [-0.3, -0.25) is 10.7 Å². The molecule has 1 saturated heterocycles. The number of hydrogen-bond donors (Lipinski definition) is 1. The van der Waals surface area contributed by atoms with Crippen molar-refractivity contribution in [3.8, 4) is 0 Å². The van der Waals surface area contributed by atoms with Gasteiger partial charge in [0.1, 0.15) is 4.99 Å². The topological polar surface area (TPSA) is 55.3 Å². The Morgan fingerprint density at radius 3 is 2.43 bits per heavy atom. The summed E-state index contributed by atoms with van der Waals surface area (Å²) in [7, 11) is 0. The van der Waals surface area contributed by atoms with E-state index in [4.69, 9.17) is 23.8 Å². The number of hydrogen-bond acceptors (Lipinski definition) is 2. The Labute approximate surface area is 143 Å². The summed E-state index contributed by atoms with van der Waals surface area (Å²) in [5, 5.41) is 12.8. The van der Waals surface area contributed by atoms with Crippen LogP contribution < -0.4 is 9.88 Å². The molecule has 0 radical (unpaired) electrons. The molecule has 6 heteroatoms. The standard InChI is InChI=1S/C17H12ClN3OS/c18-12-6-4-11(5-7-12)14-13(10-19)17(23)20-16(22)15(14)21-8-2-1-3-9-21/h1-9,14-15H,(H,20,22,23)/t14-,15+/m0/s1. The fraction of sp³-hybridized carbons (Fsp3) is 0.118. The number of nitrogens with one attached hydrogen (secondary N) is 1. The zero-order chi connectivity index (χ0) is 16.4. The molecule has 3 rings (SSSR count). The van der Waals surface area contributed by atoms with Crippen molar-refractivity contribution in [1.82, 2.24) is 5.32 Å². The van der Waals surface area contributed by atoms with Crippen molar-refractivity contribution in [3.05, 3.63) is 76.4 Å². The first-order valence-electron chi connectivity index (χ1n) is 6.95. The van der Waals surface area contributed by atoms with Crippen molar-refractivity contribution in [1.29, 1.82) is 0 Å². The number of carbonyl (C=O) groups is 1. The van der Waals surface area contributed by atoms with Gasteiger partial charge in [-0.25, -0.2) is 0 Å². The van der Waals surface area contributed by atoms with Crippen LogP contribution in [0.5, 0.6) is 0 Å². The first-order chi connectivity index (χ1) is 11.1. The van der Waals surface area contributed by atoms with Crippen LogP contribution in [0.15, 0.2) is 60.4 Å². The van der Waals surface area contributed by atoms with Crippen LogP contribution in [0, 0.1) is 0 Å². The van der Waals surface area contributed by atoms with Gasteiger partial charge in [-0.15, -0.1) is 0 Å². The number of carbonyl (C=O) groups excluding carboxylic acids is 1. The normalized spacial score (nSPS) is 20.8. The van der Waals surface area contributed by atoms with Crippen LogP contribution in [0.3, 0.4) is 0 Å². The van der Waals surface area contributed by atoms with Gasteiger partial charge in [0.25, 0.3) is 5.91 Å². The van der Waals surface area contributed by atoms with Crippen LogP contribution in [0.2, 0.25) is 5.02 Å². The van der Waals surface area contributed by atoms with Crippen LogP contribution in [0.25, 0.3) is 5.41 Å². The van der Waals surface area contributed by atoms with Gasteiger partial charge in [0, 0.05) is 22.7 Å². The van der Waals surface area contributed by atoms with E-state index in [1.54, 1.807) is 29.1 Å². The summed E-state index contributed by atoms with van der Waals surface area (Å²) in [5.74, 6) is 1.47. The minimum Gasteiger partial charge on any atom is -0.763 e. The molecule has 0 aliphatic carbocycles. The Kier molecular flexibility index (Phi) is 4.35. The Morgan fingerprint density at radius 1 is 1.17 bits per heavy atom. The van der Waals surface area contributed by atoms with Gasteiger partial charge < -0.3 is 10.7 Å². The summed E-state index contributed by atoms with van der Waals surface area (Å²) in [4.78, 5) is 12.7. The molecule has 0 saturated carbocycles. The lowest BCUT2D eigenvalue weighted by molar-refractivity contribution is -0.711. The molecule has 0 spiro atoms. The first-order valence-corrected chi connectivity index (χ1v) is 7.74. The van der Waals surface area contributed by atoms with E-state index in [9.17, 15) is 10.2 Å². The molecule has 4 nitrogen and oxygen atoms in total. The summed E-state index contributed by atoms with van der Waals surface area (Å²) in [6.45, 7) is 0. The highest BCUT2D eigenvalue weighted by Crippen LogP contribution is 2.35. The smallest absolute Gasteiger partial charge is 0.295 e. The molecule has 0 unspecified atom stereocenters. The quantitative estimate of drug-likeness (QED) is 0.395. The fourth-order valence-electron chi connectivity index (χ4n) is 2.75. The minimum absolute atomic E-state index is 0.185. The van der Waals surface area contributed by atoms with Gasteiger partial charge in [0.05, 0.1) is 5.92 Å². The highest BCUT2D eigenvalue weighted by Gasteiger charge is 2.44. The lowest BCUT2D eigenvalue weighted by Crippen LogP contribution is -2.56. The van der Waals surface area contributed by atoms with E-state index in [0.29, 0.717) is 10.6 Å². The van der Waals surface area contributed by atoms with E-state index in [-0.39, 0.29) is 10.9 Å². The average molecular weight is 342 g/mol. The molecule has 114 valence electrons. The molecule has 2 heterocycles. The van der Waals surface area contributed by atoms with Crippen molar-refractivity contribution in [3.63, 3.8) is 0 Å². The summed E-state index contributed by atoms with van der Waals surface area (Å²) >= 11 is 11.1. The van der Waals surface area contributed by atoms with E-state index < -0.39 is 12.0 Å². The highest BCUT2D eigenvalue weighted by molar-refractivity contribution is 7.80. The Balaban J connectivity index is 2.17. The van der Waals surface area contributed by atoms with Crippen LogP contribution in [0.4, 0.5) is 0 Å². The zero-order valence-corrected chi connectivity index (χ0v) is 13.5. The molecule has 1 aromatic carbocycles. The predicted molar refractivity (Wildman–Crippen MR) is 92.5 cm³/mol. The van der Waals surface area contributed by atoms with Crippen molar-refractivity contribution in [2.75, 3.05) is 0 Å². The number of amides is 1. The van der Waals surface area contributed by atoms with Gasteiger partial charge in [-0.1, -0.05) is 42.0 Å². The van der Waals surface area contributed by atoms with Gasteiger partial charge >= 0.3 is 0 Å². The zero-order valence-electron chi connectivity index (χ0n) is 11.9. The summed E-state index contributed by atoms with van der Waals surface area (Å²) in [5.41, 5.74) is 1.20. The van der Waals surface area contributed by atoms with Gasteiger partial charge in [-0.2, -0.15) is 4.57 Å². The molecular weight excluding hydrogens is 330 g/mol. The SMILES string of the molecule is [N-]=C=C1C(=S)NC(=O)[C@H]([n+]2ccccc2)[C@H]1c1ccc(Cl)cc1. The number of aromatic nitrogens is 1. The highest BCUT2D eigenvalue weighted by atomic mass is 35.5. The van der Waals surface area contributed by atoms with Crippen LogP contribution in [-0.4, -0.2) is 16.8 Å². The second-order valence-electron chi connectivity index (χ2n) is 5.14. The first kappa shape index (κ1) is 15.6. The molecule has 2 aromatic rings. The van der Waals surface area contributed by atoms with E-state index in [1.807, 2.05) is 30.3 Å². The lowest BCUT2D eigenvalue weighted by atomic mass is 9.82. The number of piperidine rings is 1. The Morgan fingerprint density at radius 2 is 1.83 bits per heavy atom. The number of halogens is 1. The van der Waals surface area contributed by atoms with Gasteiger partial charge in [-0.05, 0) is 17.7 Å². The third-order valence-electron chi connectivity index (χ3n) is 3.79. The van der Waals surface area contributed by atoms with Crippen LogP contribution in [0.1, 0.15) is 17.5 Å². The number of pyridine rings is 1. The maximum absolute atomic E-state index is 12.5. The maximum Gasteiger partial charge on any atom is 0.295 e. The lowest BCUT2D eigenvalue weighted by Gasteiger charge is -2.30. The summed E-state index contributed by atoms with van der Waals surface area (Å²) < 4.78 is 1.79. The van der Waals surface area contributed by atoms with Gasteiger partial charge in [0.2, 0.25) is 6.04 Å². The summed E-state index contributed by atoms with van der Waals surface area (Å²) in [6, 6.07) is 12.1. The average Bonchev–Trinajstić information content (AvgIpc) is 2.56. The third kappa shape index (κ3) is 2.94. The van der Waals surface area contributed by atoms with Crippen molar-refractivity contribution < 1.29 is 9.36 Å². The summed E-state index contributed by atoms with van der Waals surface area (Å²) in [6.07, 6.45) is 3.60. The number of thiocarbonyl (C=S) groups is 1. The largest absolute Gasteiger partial charge is 0.763 e. The number of nitrogens with zero attached hydrogens (tertiary/aromatic N) is 2. The molecular formula is C17H12ClN3OS. The molecule has 1 aromatic heterocycles. The Bertz CT molecular complexity index is 813. The maximum atomic E-state index is 12.5. The minimum atomic E-state index is -0.585. The van der Waals surface area contributed by atoms with Crippen LogP contribution >= 0.6 is 23.8 Å². The second kappa shape index (κ2) is 6.42. The monoisotopic (exact) mass is 341 g/mol. The molecule has 23 heavy (non-hydrogen) atoms. The van der Waals surface area contributed by atoms with E-state index in [1.165, 1.54) is 0 Å².